The van der Waals surface area contributed by atoms with Crippen LogP contribution in [-0.4, -0.2) is 20.0 Å². The van der Waals surface area contributed by atoms with E-state index in [0.717, 1.165) is 12.1 Å². The number of sulfone groups is 1. The van der Waals surface area contributed by atoms with E-state index in [0.29, 0.717) is 10.0 Å². The van der Waals surface area contributed by atoms with Gasteiger partial charge in [-0.05, 0) is 30.3 Å². The summed E-state index contributed by atoms with van der Waals surface area (Å²) in [5.41, 5.74) is 0.291. The number of hydrogen-bond acceptors (Lipinski definition) is 3. The molecule has 6 heteroatoms. The molecule has 2 aromatic carbocycles. The predicted molar refractivity (Wildman–Crippen MR) is 76.9 cm³/mol. The van der Waals surface area contributed by atoms with Crippen molar-refractivity contribution in [2.75, 3.05) is 5.75 Å². The summed E-state index contributed by atoms with van der Waals surface area (Å²) in [6.45, 7) is 0. The quantitative estimate of drug-likeness (QED) is 0.790. The molecule has 0 radical (unpaired) electrons. The number of Topliss-reactive ketones (excluding diaryl/α,β-unsaturated/α-hetero) is 1. The summed E-state index contributed by atoms with van der Waals surface area (Å²) in [6.07, 6.45) is 0. The van der Waals surface area contributed by atoms with Crippen LogP contribution in [0.15, 0.2) is 57.9 Å². The van der Waals surface area contributed by atoms with E-state index in [1.54, 1.807) is 18.2 Å². The first-order valence-electron chi connectivity index (χ1n) is 5.65. The van der Waals surface area contributed by atoms with Crippen molar-refractivity contribution in [3.63, 3.8) is 0 Å². The summed E-state index contributed by atoms with van der Waals surface area (Å²) in [5.74, 6) is -1.87. The molecule has 0 aliphatic rings. The van der Waals surface area contributed by atoms with Crippen LogP contribution in [-0.2, 0) is 9.84 Å². The van der Waals surface area contributed by atoms with E-state index in [2.05, 4.69) is 15.9 Å². The highest BCUT2D eigenvalue weighted by Crippen LogP contribution is 2.16. The molecule has 0 saturated carbocycles. The third-order valence-corrected chi connectivity index (χ3v) is 4.73. The largest absolute Gasteiger partial charge is 0.293 e. The lowest BCUT2D eigenvalue weighted by atomic mass is 10.2. The van der Waals surface area contributed by atoms with E-state index >= 15 is 0 Å². The molecule has 20 heavy (non-hydrogen) atoms. The number of ketones is 1. The Morgan fingerprint density at radius 2 is 1.80 bits per heavy atom. The Balaban J connectivity index is 2.27. The van der Waals surface area contributed by atoms with Crippen molar-refractivity contribution in [3.05, 3.63) is 64.4 Å². The van der Waals surface area contributed by atoms with Gasteiger partial charge in [0.05, 0.1) is 4.90 Å². The molecule has 2 aromatic rings. The van der Waals surface area contributed by atoms with E-state index in [9.17, 15) is 17.6 Å². The molecule has 0 heterocycles. The van der Waals surface area contributed by atoms with Crippen molar-refractivity contribution >= 4 is 31.6 Å². The predicted octanol–water partition coefficient (Wildman–Crippen LogP) is 3.24. The highest BCUT2D eigenvalue weighted by Gasteiger charge is 2.20. The van der Waals surface area contributed by atoms with E-state index in [4.69, 9.17) is 0 Å². The molecule has 2 rings (SSSR count). The van der Waals surface area contributed by atoms with Gasteiger partial charge in [0, 0.05) is 10.0 Å². The Labute approximate surface area is 124 Å². The van der Waals surface area contributed by atoms with Gasteiger partial charge in [0.15, 0.2) is 15.6 Å². The molecule has 0 aliphatic heterocycles. The van der Waals surface area contributed by atoms with Crippen LogP contribution in [0.4, 0.5) is 4.39 Å². The van der Waals surface area contributed by atoms with Crippen LogP contribution in [0.25, 0.3) is 0 Å². The molecule has 0 amide bonds. The van der Waals surface area contributed by atoms with Crippen LogP contribution in [0, 0.1) is 5.82 Å². The minimum atomic E-state index is -3.85. The maximum Gasteiger partial charge on any atom is 0.185 e. The number of rotatable bonds is 4. The lowest BCUT2D eigenvalue weighted by Crippen LogP contribution is -2.16. The SMILES string of the molecule is O=C(CS(=O)(=O)c1cccc(F)c1)c1cccc(Br)c1. The number of carbonyl (C=O) groups is 1. The summed E-state index contributed by atoms with van der Waals surface area (Å²) >= 11 is 3.21. The molecule has 0 atom stereocenters. The highest BCUT2D eigenvalue weighted by atomic mass is 79.9. The minimum absolute atomic E-state index is 0.194. The first-order chi connectivity index (χ1) is 9.38. The Morgan fingerprint density at radius 1 is 1.10 bits per heavy atom. The fraction of sp³-hybridized carbons (Fsp3) is 0.0714. The maximum atomic E-state index is 13.1. The molecule has 3 nitrogen and oxygen atoms in total. The van der Waals surface area contributed by atoms with Gasteiger partial charge in [0.1, 0.15) is 11.6 Å². The molecule has 0 spiro atoms. The molecule has 0 unspecified atom stereocenters. The summed E-state index contributed by atoms with van der Waals surface area (Å²) < 4.78 is 37.8. The van der Waals surface area contributed by atoms with Crippen molar-refractivity contribution in [3.8, 4) is 0 Å². The summed E-state index contributed by atoms with van der Waals surface area (Å²) in [7, 11) is -3.85. The zero-order valence-corrected chi connectivity index (χ0v) is 12.6. The van der Waals surface area contributed by atoms with Crippen molar-refractivity contribution < 1.29 is 17.6 Å². The number of hydrogen-bond donors (Lipinski definition) is 0. The van der Waals surface area contributed by atoms with Crippen LogP contribution < -0.4 is 0 Å². The third kappa shape index (κ3) is 3.52. The first kappa shape index (κ1) is 14.9. The molecule has 0 bridgehead atoms. The number of benzene rings is 2. The van der Waals surface area contributed by atoms with E-state index < -0.39 is 27.2 Å². The Kier molecular flexibility index (Phi) is 4.35. The molecule has 0 aliphatic carbocycles. The van der Waals surface area contributed by atoms with Gasteiger partial charge < -0.3 is 0 Å². The Hall–Kier alpha value is -1.53. The second-order valence-corrected chi connectivity index (χ2v) is 7.06. The smallest absolute Gasteiger partial charge is 0.185 e. The van der Waals surface area contributed by atoms with Crippen molar-refractivity contribution in [1.82, 2.24) is 0 Å². The second-order valence-electron chi connectivity index (χ2n) is 4.15. The zero-order valence-electron chi connectivity index (χ0n) is 10.2. The van der Waals surface area contributed by atoms with Crippen LogP contribution in [0.2, 0.25) is 0 Å². The summed E-state index contributed by atoms with van der Waals surface area (Å²) in [6, 6.07) is 11.1. The van der Waals surface area contributed by atoms with Gasteiger partial charge in [-0.15, -0.1) is 0 Å². The van der Waals surface area contributed by atoms with Crippen molar-refractivity contribution in [1.29, 1.82) is 0 Å². The van der Waals surface area contributed by atoms with Gasteiger partial charge in [-0.2, -0.15) is 0 Å². The average molecular weight is 357 g/mol. The van der Waals surface area contributed by atoms with Gasteiger partial charge >= 0.3 is 0 Å². The standard InChI is InChI=1S/C14H10BrFO3S/c15-11-4-1-3-10(7-11)14(17)9-20(18,19)13-6-2-5-12(16)8-13/h1-8H,9H2. The van der Waals surface area contributed by atoms with Crippen LogP contribution in [0.3, 0.4) is 0 Å². The van der Waals surface area contributed by atoms with Gasteiger partial charge in [-0.1, -0.05) is 34.1 Å². The van der Waals surface area contributed by atoms with E-state index in [-0.39, 0.29) is 4.90 Å². The van der Waals surface area contributed by atoms with Gasteiger partial charge in [0.25, 0.3) is 0 Å². The van der Waals surface area contributed by atoms with Gasteiger partial charge in [-0.25, -0.2) is 12.8 Å². The molecule has 0 saturated heterocycles. The minimum Gasteiger partial charge on any atom is -0.293 e. The van der Waals surface area contributed by atoms with Crippen LogP contribution in [0.1, 0.15) is 10.4 Å². The maximum absolute atomic E-state index is 13.1. The normalized spacial score (nSPS) is 11.3. The monoisotopic (exact) mass is 356 g/mol. The van der Waals surface area contributed by atoms with Gasteiger partial charge in [0.2, 0.25) is 0 Å². The first-order valence-corrected chi connectivity index (χ1v) is 8.10. The fourth-order valence-corrected chi connectivity index (χ4v) is 3.32. The number of halogens is 2. The van der Waals surface area contributed by atoms with Crippen LogP contribution >= 0.6 is 15.9 Å². The zero-order chi connectivity index (χ0) is 14.8. The number of carbonyl (C=O) groups excluding carboxylic acids is 1. The molecular formula is C14H10BrFO3S. The Morgan fingerprint density at radius 3 is 2.45 bits per heavy atom. The third-order valence-electron chi connectivity index (χ3n) is 2.62. The van der Waals surface area contributed by atoms with Crippen molar-refractivity contribution in [2.24, 2.45) is 0 Å². The lowest BCUT2D eigenvalue weighted by Gasteiger charge is -2.04. The molecule has 104 valence electrons. The van der Waals surface area contributed by atoms with Crippen LogP contribution in [0.5, 0.6) is 0 Å². The molecule has 0 N–H and O–H groups in total. The average Bonchev–Trinajstić information content (AvgIpc) is 2.38. The van der Waals surface area contributed by atoms with Gasteiger partial charge in [-0.3, -0.25) is 4.79 Å². The summed E-state index contributed by atoms with van der Waals surface area (Å²) in [5, 5.41) is 0. The second kappa shape index (κ2) is 5.85. The molecular weight excluding hydrogens is 347 g/mol. The highest BCUT2D eigenvalue weighted by molar-refractivity contribution is 9.10. The topological polar surface area (TPSA) is 51.2 Å². The molecule has 0 fully saturated rings. The van der Waals surface area contributed by atoms with E-state index in [1.807, 2.05) is 0 Å². The fourth-order valence-electron chi connectivity index (χ4n) is 1.66. The molecule has 0 aromatic heterocycles. The van der Waals surface area contributed by atoms with E-state index in [1.165, 1.54) is 18.2 Å². The van der Waals surface area contributed by atoms with Crippen molar-refractivity contribution in [2.45, 2.75) is 4.90 Å². The Bertz CT molecular complexity index is 757. The lowest BCUT2D eigenvalue weighted by molar-refractivity contribution is 0.102. The summed E-state index contributed by atoms with van der Waals surface area (Å²) in [4.78, 5) is 11.8.